The van der Waals surface area contributed by atoms with Gasteiger partial charge in [0.05, 0.1) is 17.0 Å². The van der Waals surface area contributed by atoms with Crippen LogP contribution in [0.25, 0.3) is 0 Å². The van der Waals surface area contributed by atoms with Gasteiger partial charge >= 0.3 is 0 Å². The number of anilines is 1. The predicted molar refractivity (Wildman–Crippen MR) is 123 cm³/mol. The number of nitrogens with one attached hydrogen (secondary N) is 1. The number of halogens is 1. The second-order valence-corrected chi connectivity index (χ2v) is 11.3. The van der Waals surface area contributed by atoms with Crippen LogP contribution in [0.5, 0.6) is 5.75 Å². The first kappa shape index (κ1) is 22.6. The molecule has 0 aliphatic carbocycles. The van der Waals surface area contributed by atoms with Crippen LogP contribution < -0.4 is 9.46 Å². The summed E-state index contributed by atoms with van der Waals surface area (Å²) in [6.07, 6.45) is 0.530. The Kier molecular flexibility index (Phi) is 6.17. The molecule has 0 spiro atoms. The van der Waals surface area contributed by atoms with Crippen molar-refractivity contribution in [3.05, 3.63) is 82.9 Å². The van der Waals surface area contributed by atoms with Gasteiger partial charge in [-0.3, -0.25) is 4.72 Å². The highest BCUT2D eigenvalue weighted by molar-refractivity contribution is 7.92. The summed E-state index contributed by atoms with van der Waals surface area (Å²) < 4.78 is 60.7. The molecule has 0 aromatic heterocycles. The van der Waals surface area contributed by atoms with Gasteiger partial charge in [-0.05, 0) is 66.1 Å². The summed E-state index contributed by atoms with van der Waals surface area (Å²) in [7, 11) is -6.08. The maximum absolute atomic E-state index is 13.1. The van der Waals surface area contributed by atoms with Crippen LogP contribution >= 0.6 is 11.6 Å². The first-order valence-electron chi connectivity index (χ1n) is 9.74. The Morgan fingerprint density at radius 3 is 2.34 bits per heavy atom. The monoisotopic (exact) mass is 492 g/mol. The van der Waals surface area contributed by atoms with Crippen LogP contribution in [0, 0.1) is 0 Å². The lowest BCUT2D eigenvalue weighted by molar-refractivity contribution is 0.391. The van der Waals surface area contributed by atoms with Crippen molar-refractivity contribution >= 4 is 37.3 Å². The molecule has 32 heavy (non-hydrogen) atoms. The molecule has 7 nitrogen and oxygen atoms in total. The zero-order valence-corrected chi connectivity index (χ0v) is 19.5. The first-order chi connectivity index (χ1) is 15.2. The average Bonchev–Trinajstić information content (AvgIpc) is 2.78. The van der Waals surface area contributed by atoms with Crippen molar-refractivity contribution in [2.45, 2.75) is 22.8 Å². The number of hydrogen-bond donors (Lipinski definition) is 1. The molecule has 1 aliphatic heterocycles. The molecule has 0 radical (unpaired) electrons. The van der Waals surface area contributed by atoms with Gasteiger partial charge in [-0.25, -0.2) is 16.8 Å². The quantitative estimate of drug-likeness (QED) is 0.563. The number of sulfonamides is 2. The number of rotatable bonds is 6. The second-order valence-electron chi connectivity index (χ2n) is 7.28. The lowest BCUT2D eigenvalue weighted by atomic mass is 10.0. The van der Waals surface area contributed by atoms with E-state index in [9.17, 15) is 16.8 Å². The molecule has 1 N–H and O–H groups in total. The Morgan fingerprint density at radius 2 is 1.66 bits per heavy atom. The minimum Gasteiger partial charge on any atom is -0.497 e. The number of hydrogen-bond acceptors (Lipinski definition) is 5. The van der Waals surface area contributed by atoms with Crippen LogP contribution in [0.4, 0.5) is 5.69 Å². The Bertz CT molecular complexity index is 1360. The van der Waals surface area contributed by atoms with Crippen LogP contribution in [0.2, 0.25) is 5.02 Å². The number of ether oxygens (including phenoxy) is 1. The van der Waals surface area contributed by atoms with Crippen LogP contribution in [0.15, 0.2) is 76.5 Å². The zero-order valence-electron chi connectivity index (χ0n) is 17.2. The summed E-state index contributed by atoms with van der Waals surface area (Å²) in [4.78, 5) is 0.153. The fourth-order valence-corrected chi connectivity index (χ4v) is 6.56. The third-order valence-corrected chi connectivity index (χ3v) is 9.00. The minimum absolute atomic E-state index is 0.0249. The SMILES string of the molecule is COc1ccc(S(=O)(=O)N2CCc3ccc(NS(=O)(=O)c4ccccc4Cl)cc3C2)cc1. The van der Waals surface area contributed by atoms with Crippen molar-refractivity contribution in [2.75, 3.05) is 18.4 Å². The van der Waals surface area contributed by atoms with Crippen molar-refractivity contribution in [3.8, 4) is 5.75 Å². The Hall–Kier alpha value is -2.59. The minimum atomic E-state index is -3.89. The summed E-state index contributed by atoms with van der Waals surface area (Å²) in [5, 5.41) is 0.120. The zero-order chi connectivity index (χ0) is 22.9. The number of methoxy groups -OCH3 is 1. The Labute approximate surface area is 192 Å². The van der Waals surface area contributed by atoms with Crippen molar-refractivity contribution < 1.29 is 21.6 Å². The topological polar surface area (TPSA) is 92.8 Å². The third kappa shape index (κ3) is 4.47. The number of fused-ring (bicyclic) bond motifs is 1. The smallest absolute Gasteiger partial charge is 0.263 e. The standard InChI is InChI=1S/C22H21ClN2O5S2/c1-30-19-8-10-20(11-9-19)32(28,29)25-13-12-16-6-7-18(14-17(16)15-25)24-31(26,27)22-5-3-2-4-21(22)23/h2-11,14,24H,12-13,15H2,1H3. The van der Waals surface area contributed by atoms with E-state index < -0.39 is 20.0 Å². The molecule has 0 saturated carbocycles. The van der Waals surface area contributed by atoms with Gasteiger partial charge in [0.15, 0.2) is 0 Å². The molecule has 10 heteroatoms. The lowest BCUT2D eigenvalue weighted by Crippen LogP contribution is -2.36. The van der Waals surface area contributed by atoms with Crippen molar-refractivity contribution in [2.24, 2.45) is 0 Å². The fraction of sp³-hybridized carbons (Fsp3) is 0.182. The predicted octanol–water partition coefficient (Wildman–Crippen LogP) is 3.90. The van der Waals surface area contributed by atoms with Crippen LogP contribution in [-0.4, -0.2) is 34.8 Å². The van der Waals surface area contributed by atoms with Gasteiger partial charge in [0.2, 0.25) is 10.0 Å². The van der Waals surface area contributed by atoms with Crippen LogP contribution in [0.3, 0.4) is 0 Å². The van der Waals surface area contributed by atoms with Gasteiger partial charge in [0, 0.05) is 18.8 Å². The van der Waals surface area contributed by atoms with Crippen LogP contribution in [-0.2, 0) is 33.0 Å². The van der Waals surface area contributed by atoms with Gasteiger partial charge in [-0.2, -0.15) is 4.31 Å². The molecule has 1 aliphatic rings. The Balaban J connectivity index is 1.58. The molecule has 0 unspecified atom stereocenters. The van der Waals surface area contributed by atoms with Crippen LogP contribution in [0.1, 0.15) is 11.1 Å². The normalized spacial score (nSPS) is 14.6. The van der Waals surface area contributed by atoms with Crippen molar-refractivity contribution in [1.29, 1.82) is 0 Å². The van der Waals surface area contributed by atoms with E-state index >= 15 is 0 Å². The van der Waals surface area contributed by atoms with E-state index in [0.29, 0.717) is 24.4 Å². The molecule has 0 bridgehead atoms. The first-order valence-corrected chi connectivity index (χ1v) is 13.0. The van der Waals surface area contributed by atoms with E-state index in [4.69, 9.17) is 16.3 Å². The summed E-state index contributed by atoms with van der Waals surface area (Å²) in [5.74, 6) is 0.573. The summed E-state index contributed by atoms with van der Waals surface area (Å²) in [5.41, 5.74) is 2.06. The largest absolute Gasteiger partial charge is 0.497 e. The third-order valence-electron chi connectivity index (χ3n) is 5.26. The van der Waals surface area contributed by atoms with E-state index in [1.807, 2.05) is 6.07 Å². The van der Waals surface area contributed by atoms with E-state index in [-0.39, 0.29) is 21.4 Å². The number of benzene rings is 3. The summed E-state index contributed by atoms with van der Waals surface area (Å²) in [6.45, 7) is 0.484. The van der Waals surface area contributed by atoms with Gasteiger partial charge in [-0.15, -0.1) is 0 Å². The highest BCUT2D eigenvalue weighted by Gasteiger charge is 2.29. The second kappa shape index (κ2) is 8.74. The summed E-state index contributed by atoms with van der Waals surface area (Å²) >= 11 is 6.04. The fourth-order valence-electron chi connectivity index (χ4n) is 3.57. The molecule has 0 fully saturated rings. The Morgan fingerprint density at radius 1 is 0.938 bits per heavy atom. The van der Waals surface area contributed by atoms with Gasteiger partial charge in [-0.1, -0.05) is 29.8 Å². The maximum atomic E-state index is 13.1. The molecule has 3 aromatic rings. The highest BCUT2D eigenvalue weighted by Crippen LogP contribution is 2.29. The molecular formula is C22H21ClN2O5S2. The molecule has 4 rings (SSSR count). The molecule has 168 valence electrons. The van der Waals surface area contributed by atoms with E-state index in [1.54, 1.807) is 36.4 Å². The highest BCUT2D eigenvalue weighted by atomic mass is 35.5. The maximum Gasteiger partial charge on any atom is 0.263 e. The van der Waals surface area contributed by atoms with E-state index in [2.05, 4.69) is 4.72 Å². The molecular weight excluding hydrogens is 472 g/mol. The molecule has 3 aromatic carbocycles. The molecule has 1 heterocycles. The lowest BCUT2D eigenvalue weighted by Gasteiger charge is -2.28. The average molecular weight is 493 g/mol. The summed E-state index contributed by atoms with van der Waals surface area (Å²) in [6, 6.07) is 17.6. The number of nitrogens with zero attached hydrogens (tertiary/aromatic N) is 1. The molecule has 0 amide bonds. The van der Waals surface area contributed by atoms with Gasteiger partial charge < -0.3 is 4.74 Å². The van der Waals surface area contributed by atoms with Gasteiger partial charge in [0.25, 0.3) is 10.0 Å². The van der Waals surface area contributed by atoms with Gasteiger partial charge in [0.1, 0.15) is 10.6 Å². The molecule has 0 atom stereocenters. The van der Waals surface area contributed by atoms with E-state index in [1.165, 1.54) is 35.7 Å². The van der Waals surface area contributed by atoms with Crippen molar-refractivity contribution in [1.82, 2.24) is 4.31 Å². The van der Waals surface area contributed by atoms with Crippen molar-refractivity contribution in [3.63, 3.8) is 0 Å². The molecule has 0 saturated heterocycles. The van der Waals surface area contributed by atoms with E-state index in [0.717, 1.165) is 11.1 Å².